The standard InChI is InChI=1S/C17H20N2O/c1-19(13-15-6-3-2-4-7-15)17(20)11-10-14-8-5-9-16(18)12-14/h2-9,12H,10-11,13,18H2,1H3. The smallest absolute Gasteiger partial charge is 0.222 e. The van der Waals surface area contributed by atoms with Gasteiger partial charge in [0.2, 0.25) is 5.91 Å². The lowest BCUT2D eigenvalue weighted by molar-refractivity contribution is -0.130. The summed E-state index contributed by atoms with van der Waals surface area (Å²) in [5.74, 6) is 0.149. The van der Waals surface area contributed by atoms with Gasteiger partial charge in [-0.2, -0.15) is 0 Å². The van der Waals surface area contributed by atoms with Crippen LogP contribution in [0.25, 0.3) is 0 Å². The van der Waals surface area contributed by atoms with E-state index in [0.717, 1.165) is 23.2 Å². The molecule has 0 atom stereocenters. The molecular formula is C17H20N2O. The Morgan fingerprint density at radius 3 is 2.45 bits per heavy atom. The van der Waals surface area contributed by atoms with E-state index in [-0.39, 0.29) is 5.91 Å². The van der Waals surface area contributed by atoms with Gasteiger partial charge in [-0.25, -0.2) is 0 Å². The van der Waals surface area contributed by atoms with Crippen LogP contribution in [0.2, 0.25) is 0 Å². The molecule has 20 heavy (non-hydrogen) atoms. The summed E-state index contributed by atoms with van der Waals surface area (Å²) in [6.45, 7) is 0.649. The maximum atomic E-state index is 12.1. The highest BCUT2D eigenvalue weighted by Gasteiger charge is 2.09. The maximum absolute atomic E-state index is 12.1. The number of carbonyl (C=O) groups is 1. The molecule has 0 saturated carbocycles. The second-order valence-corrected chi connectivity index (χ2v) is 4.98. The Morgan fingerprint density at radius 2 is 1.75 bits per heavy atom. The molecule has 1 amide bonds. The lowest BCUT2D eigenvalue weighted by Gasteiger charge is -2.17. The van der Waals surface area contributed by atoms with E-state index < -0.39 is 0 Å². The zero-order valence-electron chi connectivity index (χ0n) is 11.8. The van der Waals surface area contributed by atoms with E-state index in [1.807, 2.05) is 61.6 Å². The highest BCUT2D eigenvalue weighted by molar-refractivity contribution is 5.76. The molecule has 2 aromatic carbocycles. The summed E-state index contributed by atoms with van der Waals surface area (Å²) < 4.78 is 0. The molecule has 0 spiro atoms. The third-order valence-electron chi connectivity index (χ3n) is 3.27. The topological polar surface area (TPSA) is 46.3 Å². The number of carbonyl (C=O) groups excluding carboxylic acids is 1. The second kappa shape index (κ2) is 6.75. The Hall–Kier alpha value is -2.29. The van der Waals surface area contributed by atoms with E-state index in [9.17, 15) is 4.79 Å². The Balaban J connectivity index is 1.85. The van der Waals surface area contributed by atoms with Crippen molar-refractivity contribution in [3.8, 4) is 0 Å². The first-order chi connectivity index (χ1) is 9.65. The third-order valence-corrected chi connectivity index (χ3v) is 3.27. The van der Waals surface area contributed by atoms with Gasteiger partial charge in [0.15, 0.2) is 0 Å². The molecule has 0 aliphatic rings. The van der Waals surface area contributed by atoms with Crippen LogP contribution < -0.4 is 5.73 Å². The fourth-order valence-corrected chi connectivity index (χ4v) is 2.14. The number of amides is 1. The van der Waals surface area contributed by atoms with Crippen molar-refractivity contribution >= 4 is 11.6 Å². The fraction of sp³-hybridized carbons (Fsp3) is 0.235. The molecule has 0 radical (unpaired) electrons. The van der Waals surface area contributed by atoms with Crippen molar-refractivity contribution in [1.82, 2.24) is 4.90 Å². The lowest BCUT2D eigenvalue weighted by atomic mass is 10.1. The fourth-order valence-electron chi connectivity index (χ4n) is 2.14. The molecule has 3 nitrogen and oxygen atoms in total. The van der Waals surface area contributed by atoms with E-state index in [1.165, 1.54) is 0 Å². The second-order valence-electron chi connectivity index (χ2n) is 4.98. The molecule has 3 heteroatoms. The summed E-state index contributed by atoms with van der Waals surface area (Å²) >= 11 is 0. The van der Waals surface area contributed by atoms with Crippen LogP contribution in [-0.2, 0) is 17.8 Å². The van der Waals surface area contributed by atoms with Gasteiger partial charge in [-0.05, 0) is 29.7 Å². The molecule has 0 saturated heterocycles. The third kappa shape index (κ3) is 4.12. The van der Waals surface area contributed by atoms with Crippen molar-refractivity contribution in [1.29, 1.82) is 0 Å². The Morgan fingerprint density at radius 1 is 1.05 bits per heavy atom. The monoisotopic (exact) mass is 268 g/mol. The highest BCUT2D eigenvalue weighted by Crippen LogP contribution is 2.10. The number of aryl methyl sites for hydroxylation is 1. The minimum absolute atomic E-state index is 0.149. The van der Waals surface area contributed by atoms with Gasteiger partial charge < -0.3 is 10.6 Å². The number of anilines is 1. The number of nitrogens with zero attached hydrogens (tertiary/aromatic N) is 1. The maximum Gasteiger partial charge on any atom is 0.222 e. The summed E-state index contributed by atoms with van der Waals surface area (Å²) in [5, 5.41) is 0. The number of hydrogen-bond donors (Lipinski definition) is 1. The van der Waals surface area contributed by atoms with Crippen molar-refractivity contribution in [3.05, 3.63) is 65.7 Å². The van der Waals surface area contributed by atoms with Gasteiger partial charge in [0.25, 0.3) is 0 Å². The van der Waals surface area contributed by atoms with Crippen molar-refractivity contribution < 1.29 is 4.79 Å². The summed E-state index contributed by atoms with van der Waals surface area (Å²) in [7, 11) is 1.84. The Bertz CT molecular complexity index is 566. The summed E-state index contributed by atoms with van der Waals surface area (Å²) in [6.07, 6.45) is 1.23. The first kappa shape index (κ1) is 14.1. The predicted octanol–water partition coefficient (Wildman–Crippen LogP) is 2.86. The molecule has 0 bridgehead atoms. The van der Waals surface area contributed by atoms with Gasteiger partial charge in [-0.1, -0.05) is 42.5 Å². The van der Waals surface area contributed by atoms with Crippen LogP contribution in [0.4, 0.5) is 5.69 Å². The molecule has 2 aromatic rings. The van der Waals surface area contributed by atoms with E-state index in [4.69, 9.17) is 5.73 Å². The van der Waals surface area contributed by atoms with E-state index in [1.54, 1.807) is 4.90 Å². The molecular weight excluding hydrogens is 248 g/mol. The zero-order chi connectivity index (χ0) is 14.4. The van der Waals surface area contributed by atoms with Gasteiger partial charge in [0.1, 0.15) is 0 Å². The summed E-state index contributed by atoms with van der Waals surface area (Å²) in [6, 6.07) is 17.7. The van der Waals surface area contributed by atoms with Crippen molar-refractivity contribution in [3.63, 3.8) is 0 Å². The molecule has 0 aliphatic carbocycles. The Kier molecular flexibility index (Phi) is 4.77. The minimum Gasteiger partial charge on any atom is -0.399 e. The van der Waals surface area contributed by atoms with Crippen molar-refractivity contribution in [2.75, 3.05) is 12.8 Å². The van der Waals surface area contributed by atoms with Crippen LogP contribution in [0.5, 0.6) is 0 Å². The average Bonchev–Trinajstić information content (AvgIpc) is 2.46. The Labute approximate surface area is 120 Å². The van der Waals surface area contributed by atoms with Crippen LogP contribution in [0, 0.1) is 0 Å². The summed E-state index contributed by atoms with van der Waals surface area (Å²) in [5.41, 5.74) is 8.72. The van der Waals surface area contributed by atoms with E-state index >= 15 is 0 Å². The number of nitrogens with two attached hydrogens (primary N) is 1. The SMILES string of the molecule is CN(Cc1ccccc1)C(=O)CCc1cccc(N)c1. The molecule has 104 valence electrons. The van der Waals surface area contributed by atoms with Gasteiger partial charge in [-0.15, -0.1) is 0 Å². The average molecular weight is 268 g/mol. The molecule has 0 fully saturated rings. The van der Waals surface area contributed by atoms with Crippen molar-refractivity contribution in [2.24, 2.45) is 0 Å². The minimum atomic E-state index is 0.149. The van der Waals surface area contributed by atoms with Gasteiger partial charge in [0.05, 0.1) is 0 Å². The zero-order valence-corrected chi connectivity index (χ0v) is 11.8. The van der Waals surface area contributed by atoms with Crippen molar-refractivity contribution in [2.45, 2.75) is 19.4 Å². The molecule has 0 unspecified atom stereocenters. The molecule has 0 heterocycles. The number of nitrogen functional groups attached to an aromatic ring is 1. The van der Waals surface area contributed by atoms with Gasteiger partial charge in [-0.3, -0.25) is 4.79 Å². The molecule has 0 aliphatic heterocycles. The summed E-state index contributed by atoms with van der Waals surface area (Å²) in [4.78, 5) is 13.9. The molecule has 2 rings (SSSR count). The first-order valence-electron chi connectivity index (χ1n) is 6.77. The first-order valence-corrected chi connectivity index (χ1v) is 6.77. The number of hydrogen-bond acceptors (Lipinski definition) is 2. The molecule has 0 aromatic heterocycles. The van der Waals surface area contributed by atoms with Crippen LogP contribution in [0.15, 0.2) is 54.6 Å². The number of rotatable bonds is 5. The van der Waals surface area contributed by atoms with E-state index in [0.29, 0.717) is 13.0 Å². The highest BCUT2D eigenvalue weighted by atomic mass is 16.2. The predicted molar refractivity (Wildman–Crippen MR) is 82.1 cm³/mol. The largest absolute Gasteiger partial charge is 0.399 e. The number of benzene rings is 2. The lowest BCUT2D eigenvalue weighted by Crippen LogP contribution is -2.26. The van der Waals surface area contributed by atoms with E-state index in [2.05, 4.69) is 0 Å². The van der Waals surface area contributed by atoms with Crippen LogP contribution >= 0.6 is 0 Å². The van der Waals surface area contributed by atoms with Crippen LogP contribution in [0.1, 0.15) is 17.5 Å². The van der Waals surface area contributed by atoms with Gasteiger partial charge >= 0.3 is 0 Å². The van der Waals surface area contributed by atoms with Crippen LogP contribution in [-0.4, -0.2) is 17.9 Å². The quantitative estimate of drug-likeness (QED) is 0.848. The normalized spacial score (nSPS) is 10.2. The van der Waals surface area contributed by atoms with Crippen LogP contribution in [0.3, 0.4) is 0 Å². The molecule has 2 N–H and O–H groups in total. The van der Waals surface area contributed by atoms with Gasteiger partial charge in [0, 0.05) is 25.7 Å².